The maximum absolute atomic E-state index is 11.5. The van der Waals surface area contributed by atoms with Gasteiger partial charge in [-0.25, -0.2) is 4.98 Å². The van der Waals surface area contributed by atoms with E-state index in [1.807, 2.05) is 0 Å². The van der Waals surface area contributed by atoms with Crippen LogP contribution in [-0.2, 0) is 6.54 Å². The lowest BCUT2D eigenvalue weighted by Gasteiger charge is -2.07. The molecule has 0 saturated heterocycles. The van der Waals surface area contributed by atoms with Crippen LogP contribution in [0.3, 0.4) is 0 Å². The van der Waals surface area contributed by atoms with Gasteiger partial charge < -0.3 is 20.5 Å². The van der Waals surface area contributed by atoms with Gasteiger partial charge in [0.1, 0.15) is 0 Å². The maximum atomic E-state index is 11.5. The summed E-state index contributed by atoms with van der Waals surface area (Å²) in [4.78, 5) is 21.7. The molecule has 0 unspecified atom stereocenters. The number of aromatic nitrogens is 4. The van der Waals surface area contributed by atoms with Crippen LogP contribution >= 0.6 is 0 Å². The zero-order valence-electron chi connectivity index (χ0n) is 9.00. The number of rotatable bonds is 4. The largest absolute Gasteiger partial charge is 0.394 e. The zero-order valence-corrected chi connectivity index (χ0v) is 9.00. The van der Waals surface area contributed by atoms with E-state index in [0.717, 1.165) is 0 Å². The molecule has 0 bridgehead atoms. The highest BCUT2D eigenvalue weighted by atomic mass is 16.3. The summed E-state index contributed by atoms with van der Waals surface area (Å²) in [5.74, 6) is 0.0203. The number of nitrogens with two attached hydrogens (primary N) is 1. The van der Waals surface area contributed by atoms with Gasteiger partial charge in [0.15, 0.2) is 11.2 Å². The van der Waals surface area contributed by atoms with Crippen molar-refractivity contribution in [3.8, 4) is 0 Å². The maximum Gasteiger partial charge on any atom is 0.280 e. The number of nitrogens with one attached hydrogen (secondary N) is 1. The smallest absolute Gasteiger partial charge is 0.280 e. The molecule has 0 aliphatic heterocycles. The van der Waals surface area contributed by atoms with Gasteiger partial charge in [0, 0.05) is 6.54 Å². The molecule has 8 heteroatoms. The third-order valence-electron chi connectivity index (χ3n) is 2.41. The lowest BCUT2D eigenvalue weighted by Crippen LogP contribution is -2.16. The Balaban J connectivity index is 2.33. The van der Waals surface area contributed by atoms with Crippen molar-refractivity contribution in [2.75, 3.05) is 12.3 Å². The zero-order chi connectivity index (χ0) is 12.4. The number of hydrogen-bond donors (Lipinski definition) is 4. The van der Waals surface area contributed by atoms with Gasteiger partial charge in [-0.3, -0.25) is 9.78 Å². The molecule has 2 aromatic rings. The second-order valence-electron chi connectivity index (χ2n) is 3.69. The molecule has 0 aliphatic rings. The predicted octanol–water partition coefficient (Wildman–Crippen LogP) is -1.55. The lowest BCUT2D eigenvalue weighted by molar-refractivity contribution is 0.0848. The number of anilines is 1. The van der Waals surface area contributed by atoms with Gasteiger partial charge in [0.25, 0.3) is 5.56 Å². The van der Waals surface area contributed by atoms with Crippen LogP contribution < -0.4 is 11.3 Å². The third-order valence-corrected chi connectivity index (χ3v) is 2.41. The number of nitrogens with zero attached hydrogens (tertiary/aromatic N) is 3. The number of imidazole rings is 1. The molecule has 0 spiro atoms. The standard InChI is InChI=1S/C9H13N5O3/c10-9-12-7-6(8(17)13-9)11-4-14(7)2-1-5(16)3-15/h4-5,15-16H,1-3H2,(H3,10,12,13,17)/t5-/m0/s1. The first-order valence-electron chi connectivity index (χ1n) is 5.11. The van der Waals surface area contributed by atoms with Crippen LogP contribution in [0.25, 0.3) is 11.2 Å². The van der Waals surface area contributed by atoms with Gasteiger partial charge in [0.2, 0.25) is 5.95 Å². The fourth-order valence-electron chi connectivity index (χ4n) is 1.51. The summed E-state index contributed by atoms with van der Waals surface area (Å²) in [5.41, 5.74) is 5.62. The molecule has 0 fully saturated rings. The molecule has 2 rings (SSSR count). The van der Waals surface area contributed by atoms with E-state index in [2.05, 4.69) is 15.0 Å². The first kappa shape index (κ1) is 11.6. The Morgan fingerprint density at radius 3 is 3.06 bits per heavy atom. The van der Waals surface area contributed by atoms with Crippen molar-refractivity contribution in [2.24, 2.45) is 0 Å². The van der Waals surface area contributed by atoms with Crippen molar-refractivity contribution in [1.29, 1.82) is 0 Å². The van der Waals surface area contributed by atoms with Crippen LogP contribution in [0.5, 0.6) is 0 Å². The van der Waals surface area contributed by atoms with Crippen molar-refractivity contribution in [1.82, 2.24) is 19.5 Å². The van der Waals surface area contributed by atoms with E-state index in [0.29, 0.717) is 18.6 Å². The number of aryl methyl sites for hydroxylation is 1. The number of hydrogen-bond acceptors (Lipinski definition) is 6. The summed E-state index contributed by atoms with van der Waals surface area (Å²) in [6.07, 6.45) is 0.999. The fraction of sp³-hybridized carbons (Fsp3) is 0.444. The highest BCUT2D eigenvalue weighted by molar-refractivity contribution is 5.70. The van der Waals surface area contributed by atoms with E-state index in [9.17, 15) is 9.90 Å². The highest BCUT2D eigenvalue weighted by Crippen LogP contribution is 2.07. The molecule has 0 aromatic carbocycles. The minimum absolute atomic E-state index is 0.0203. The molecule has 2 heterocycles. The number of aromatic amines is 1. The monoisotopic (exact) mass is 239 g/mol. The number of fused-ring (bicyclic) bond motifs is 1. The van der Waals surface area contributed by atoms with E-state index in [-0.39, 0.29) is 18.1 Å². The summed E-state index contributed by atoms with van der Waals surface area (Å²) in [5, 5.41) is 17.9. The van der Waals surface area contributed by atoms with E-state index in [4.69, 9.17) is 10.8 Å². The topological polar surface area (TPSA) is 130 Å². The van der Waals surface area contributed by atoms with Gasteiger partial charge in [-0.05, 0) is 6.42 Å². The van der Waals surface area contributed by atoms with Crippen LogP contribution in [0.4, 0.5) is 5.95 Å². The average molecular weight is 239 g/mol. The van der Waals surface area contributed by atoms with Crippen LogP contribution in [-0.4, -0.2) is 42.4 Å². The molecule has 0 radical (unpaired) electrons. The number of H-pyrrole nitrogens is 1. The van der Waals surface area contributed by atoms with Crippen molar-refractivity contribution >= 4 is 17.1 Å². The molecule has 0 saturated carbocycles. The van der Waals surface area contributed by atoms with Gasteiger partial charge in [-0.2, -0.15) is 4.98 Å². The van der Waals surface area contributed by atoms with Gasteiger partial charge >= 0.3 is 0 Å². The molecule has 2 aromatic heterocycles. The van der Waals surface area contributed by atoms with E-state index in [1.165, 1.54) is 6.33 Å². The summed E-state index contributed by atoms with van der Waals surface area (Å²) in [6, 6.07) is 0. The summed E-state index contributed by atoms with van der Waals surface area (Å²) < 4.78 is 1.61. The number of aliphatic hydroxyl groups excluding tert-OH is 2. The Labute approximate surface area is 95.7 Å². The van der Waals surface area contributed by atoms with E-state index < -0.39 is 11.7 Å². The Kier molecular flexibility index (Phi) is 3.07. The Hall–Kier alpha value is -1.93. The predicted molar refractivity (Wildman–Crippen MR) is 60.3 cm³/mol. The van der Waals surface area contributed by atoms with Gasteiger partial charge in [-0.1, -0.05) is 0 Å². The third kappa shape index (κ3) is 2.27. The van der Waals surface area contributed by atoms with Crippen molar-refractivity contribution < 1.29 is 10.2 Å². The first-order chi connectivity index (χ1) is 8.11. The van der Waals surface area contributed by atoms with Crippen LogP contribution in [0.2, 0.25) is 0 Å². The molecule has 5 N–H and O–H groups in total. The summed E-state index contributed by atoms with van der Waals surface area (Å²) >= 11 is 0. The number of aliphatic hydroxyl groups is 2. The van der Waals surface area contributed by atoms with Gasteiger partial charge in [0.05, 0.1) is 19.0 Å². The molecule has 17 heavy (non-hydrogen) atoms. The normalized spacial score (nSPS) is 13.1. The molecule has 0 aliphatic carbocycles. The molecule has 1 atom stereocenters. The Bertz CT molecular complexity index is 576. The van der Waals surface area contributed by atoms with E-state index >= 15 is 0 Å². The molecule has 92 valence electrons. The second kappa shape index (κ2) is 4.52. The van der Waals surface area contributed by atoms with E-state index in [1.54, 1.807) is 4.57 Å². The quantitative estimate of drug-likeness (QED) is 0.510. The van der Waals surface area contributed by atoms with Crippen LogP contribution in [0.15, 0.2) is 11.1 Å². The second-order valence-corrected chi connectivity index (χ2v) is 3.69. The molecular weight excluding hydrogens is 226 g/mol. The number of nitrogen functional groups attached to an aromatic ring is 1. The fourth-order valence-corrected chi connectivity index (χ4v) is 1.51. The van der Waals surface area contributed by atoms with Crippen molar-refractivity contribution in [3.63, 3.8) is 0 Å². The summed E-state index contributed by atoms with van der Waals surface area (Å²) in [6.45, 7) is 0.0941. The van der Waals surface area contributed by atoms with Crippen LogP contribution in [0.1, 0.15) is 6.42 Å². The highest BCUT2D eigenvalue weighted by Gasteiger charge is 2.10. The van der Waals surface area contributed by atoms with Crippen molar-refractivity contribution in [2.45, 2.75) is 19.1 Å². The Morgan fingerprint density at radius 2 is 2.35 bits per heavy atom. The lowest BCUT2D eigenvalue weighted by atomic mass is 10.3. The molecule has 0 amide bonds. The van der Waals surface area contributed by atoms with Crippen molar-refractivity contribution in [3.05, 3.63) is 16.7 Å². The first-order valence-corrected chi connectivity index (χ1v) is 5.11. The average Bonchev–Trinajstić information content (AvgIpc) is 2.69. The van der Waals surface area contributed by atoms with Gasteiger partial charge in [-0.15, -0.1) is 0 Å². The SMILES string of the molecule is Nc1nc2c(ncn2CC[C@H](O)CO)c(=O)[nH]1. The minimum atomic E-state index is -0.799. The minimum Gasteiger partial charge on any atom is -0.394 e. The molecule has 8 nitrogen and oxygen atoms in total. The molecular formula is C9H13N5O3. The summed E-state index contributed by atoms with van der Waals surface area (Å²) in [7, 11) is 0. The Morgan fingerprint density at radius 1 is 1.59 bits per heavy atom. The van der Waals surface area contributed by atoms with Crippen LogP contribution in [0, 0.1) is 0 Å².